The fourth-order valence-corrected chi connectivity index (χ4v) is 3.28. The summed E-state index contributed by atoms with van der Waals surface area (Å²) >= 11 is 2.82. The third-order valence-electron chi connectivity index (χ3n) is 2.13. The minimum Gasteiger partial charge on any atom is -0.385 e. The predicted octanol–water partition coefficient (Wildman–Crippen LogP) is 2.32. The van der Waals surface area contributed by atoms with E-state index in [2.05, 4.69) is 5.32 Å². The molecule has 1 unspecified atom stereocenters. The summed E-state index contributed by atoms with van der Waals surface area (Å²) in [6.07, 6.45) is -4.66. The molecule has 0 bridgehead atoms. The molecule has 92 valence electrons. The van der Waals surface area contributed by atoms with E-state index in [1.54, 1.807) is 6.07 Å². The molecule has 2 heterocycles. The molecule has 2 N–H and O–H groups in total. The molecule has 0 aliphatic carbocycles. The molecular weight excluding hydrogens is 268 g/mol. The normalized spacial score (nSPS) is 13.2. The smallest absolute Gasteiger partial charge is 0.265 e. The fourth-order valence-electron chi connectivity index (χ4n) is 1.25. The van der Waals surface area contributed by atoms with Gasteiger partial charge in [-0.15, -0.1) is 22.7 Å². The van der Waals surface area contributed by atoms with Crippen molar-refractivity contribution in [3.63, 3.8) is 0 Å². The van der Waals surface area contributed by atoms with Gasteiger partial charge in [-0.3, -0.25) is 4.79 Å². The first-order valence-electron chi connectivity index (χ1n) is 4.79. The van der Waals surface area contributed by atoms with Gasteiger partial charge in [0.05, 0.1) is 4.88 Å². The van der Waals surface area contributed by atoms with E-state index in [4.69, 9.17) is 5.11 Å². The van der Waals surface area contributed by atoms with E-state index in [9.17, 15) is 13.6 Å². The lowest BCUT2D eigenvalue weighted by atomic mass is 10.3. The average molecular weight is 277 g/mol. The number of carbonyl (C=O) groups is 1. The highest BCUT2D eigenvalue weighted by Gasteiger charge is 2.18. The minimum absolute atomic E-state index is 0.432. The Morgan fingerprint density at radius 3 is 2.88 bits per heavy atom. The van der Waals surface area contributed by atoms with Crippen LogP contribution in [0.5, 0.6) is 0 Å². The van der Waals surface area contributed by atoms with Gasteiger partial charge in [-0.2, -0.15) is 0 Å². The van der Waals surface area contributed by atoms with E-state index in [1.807, 2.05) is 11.4 Å². The van der Waals surface area contributed by atoms with Crippen LogP contribution in [0.3, 0.4) is 0 Å². The first-order valence-corrected chi connectivity index (χ1v) is 6.49. The lowest BCUT2D eigenvalue weighted by molar-refractivity contribution is -0.00268. The number of nitrogens with one attached hydrogen (secondary N) is 1. The van der Waals surface area contributed by atoms with Crippen molar-refractivity contribution < 1.29 is 18.7 Å². The minimum atomic E-state index is -2.85. The summed E-state index contributed by atoms with van der Waals surface area (Å²) in [7, 11) is 0. The van der Waals surface area contributed by atoms with Crippen molar-refractivity contribution in [3.05, 3.63) is 22.4 Å². The molecule has 0 saturated heterocycles. The number of thiophene rings is 2. The van der Waals surface area contributed by atoms with Crippen molar-refractivity contribution in [2.75, 3.05) is 6.54 Å². The molecule has 1 atom stereocenters. The predicted molar refractivity (Wildman–Crippen MR) is 64.0 cm³/mol. The van der Waals surface area contributed by atoms with Gasteiger partial charge in [-0.05, 0) is 17.5 Å². The number of carbonyl (C=O) groups excluding carboxylic acids is 1. The van der Waals surface area contributed by atoms with Gasteiger partial charge in [-0.25, -0.2) is 8.78 Å². The van der Waals surface area contributed by atoms with Crippen LogP contribution in [0.15, 0.2) is 17.5 Å². The number of hydrogen-bond acceptors (Lipinski definition) is 4. The molecule has 0 aliphatic heterocycles. The average Bonchev–Trinajstić information content (AvgIpc) is 2.84. The number of rotatable bonds is 4. The molecule has 0 spiro atoms. The van der Waals surface area contributed by atoms with Crippen LogP contribution >= 0.6 is 22.7 Å². The van der Waals surface area contributed by atoms with Crippen LogP contribution in [-0.2, 0) is 0 Å². The van der Waals surface area contributed by atoms with Crippen LogP contribution in [0.4, 0.5) is 8.78 Å². The second-order valence-corrected chi connectivity index (χ2v) is 5.40. The molecule has 0 saturated carbocycles. The van der Waals surface area contributed by atoms with Gasteiger partial charge in [0.25, 0.3) is 12.3 Å². The van der Waals surface area contributed by atoms with Crippen molar-refractivity contribution in [1.29, 1.82) is 0 Å². The third-order valence-corrected chi connectivity index (χ3v) is 4.22. The topological polar surface area (TPSA) is 49.3 Å². The zero-order valence-electron chi connectivity index (χ0n) is 8.52. The van der Waals surface area contributed by atoms with Gasteiger partial charge in [-0.1, -0.05) is 0 Å². The van der Waals surface area contributed by atoms with Crippen molar-refractivity contribution >= 4 is 38.0 Å². The Hall–Kier alpha value is -1.05. The quantitative estimate of drug-likeness (QED) is 0.901. The summed E-state index contributed by atoms with van der Waals surface area (Å²) in [6.45, 7) is -0.442. The summed E-state index contributed by atoms with van der Waals surface area (Å²) in [4.78, 5) is 12.1. The lowest BCUT2D eigenvalue weighted by Gasteiger charge is -2.09. The van der Waals surface area contributed by atoms with Crippen LogP contribution in [0.2, 0.25) is 0 Å². The van der Waals surface area contributed by atoms with E-state index in [1.165, 1.54) is 22.7 Å². The molecule has 0 fully saturated rings. The van der Waals surface area contributed by atoms with E-state index in [0.29, 0.717) is 4.88 Å². The maximum Gasteiger partial charge on any atom is 0.265 e. The lowest BCUT2D eigenvalue weighted by Crippen LogP contribution is -2.35. The molecule has 1 amide bonds. The van der Waals surface area contributed by atoms with Gasteiger partial charge in [0.2, 0.25) is 0 Å². The number of amides is 1. The number of aliphatic hydroxyl groups excluding tert-OH is 1. The van der Waals surface area contributed by atoms with Crippen LogP contribution in [-0.4, -0.2) is 30.1 Å². The molecule has 0 radical (unpaired) electrons. The maximum atomic E-state index is 12.0. The Balaban J connectivity index is 1.98. The molecular formula is C10H9F2NO2S2. The second-order valence-electron chi connectivity index (χ2n) is 3.37. The number of alkyl halides is 2. The largest absolute Gasteiger partial charge is 0.385 e. The van der Waals surface area contributed by atoms with Crippen LogP contribution in [0.1, 0.15) is 9.67 Å². The highest BCUT2D eigenvalue weighted by molar-refractivity contribution is 7.27. The second kappa shape index (κ2) is 5.07. The number of aliphatic hydroxyl groups is 1. The number of halogens is 2. The van der Waals surface area contributed by atoms with Crippen LogP contribution < -0.4 is 5.32 Å². The maximum absolute atomic E-state index is 12.0. The van der Waals surface area contributed by atoms with E-state index >= 15 is 0 Å². The van der Waals surface area contributed by atoms with Crippen molar-refractivity contribution in [1.82, 2.24) is 5.32 Å². The molecule has 7 heteroatoms. The molecule has 2 rings (SSSR count). The SMILES string of the molecule is O=C(NCC(O)C(F)F)c1cc2sccc2s1. The van der Waals surface area contributed by atoms with E-state index in [0.717, 1.165) is 9.40 Å². The molecule has 3 nitrogen and oxygen atoms in total. The Morgan fingerprint density at radius 2 is 2.24 bits per heavy atom. The first-order chi connectivity index (χ1) is 8.08. The molecule has 0 aromatic carbocycles. The highest BCUT2D eigenvalue weighted by atomic mass is 32.1. The van der Waals surface area contributed by atoms with Gasteiger partial charge in [0, 0.05) is 15.9 Å². The Morgan fingerprint density at radius 1 is 1.47 bits per heavy atom. The van der Waals surface area contributed by atoms with E-state index in [-0.39, 0.29) is 0 Å². The van der Waals surface area contributed by atoms with E-state index < -0.39 is 25.0 Å². The molecule has 17 heavy (non-hydrogen) atoms. The zero-order valence-corrected chi connectivity index (χ0v) is 10.2. The van der Waals surface area contributed by atoms with Crippen molar-refractivity contribution in [2.24, 2.45) is 0 Å². The van der Waals surface area contributed by atoms with Crippen LogP contribution in [0.25, 0.3) is 9.40 Å². The standard InChI is InChI=1S/C10H9F2NO2S2/c11-9(12)5(14)4-13-10(15)8-3-7-6(17-8)1-2-16-7/h1-3,5,9,14H,4H2,(H,13,15). The van der Waals surface area contributed by atoms with Gasteiger partial charge < -0.3 is 10.4 Å². The zero-order chi connectivity index (χ0) is 12.4. The van der Waals surface area contributed by atoms with Crippen molar-refractivity contribution in [2.45, 2.75) is 12.5 Å². The first kappa shape index (κ1) is 12.4. The highest BCUT2D eigenvalue weighted by Crippen LogP contribution is 2.29. The summed E-state index contributed by atoms with van der Waals surface area (Å²) in [5, 5.41) is 13.1. The Bertz CT molecular complexity index is 495. The number of hydrogen-bond donors (Lipinski definition) is 2. The summed E-state index contributed by atoms with van der Waals surface area (Å²) in [5.41, 5.74) is 0. The summed E-state index contributed by atoms with van der Waals surface area (Å²) in [5.74, 6) is -0.432. The van der Waals surface area contributed by atoms with Crippen molar-refractivity contribution in [3.8, 4) is 0 Å². The van der Waals surface area contributed by atoms with Gasteiger partial charge in [0.1, 0.15) is 6.10 Å². The van der Waals surface area contributed by atoms with Crippen LogP contribution in [0, 0.1) is 0 Å². The third kappa shape index (κ3) is 2.80. The number of fused-ring (bicyclic) bond motifs is 1. The molecule has 2 aromatic rings. The summed E-state index contributed by atoms with van der Waals surface area (Å²) < 4.78 is 26.0. The Kier molecular flexibility index (Phi) is 3.70. The van der Waals surface area contributed by atoms with Gasteiger partial charge >= 0.3 is 0 Å². The van der Waals surface area contributed by atoms with Gasteiger partial charge in [0.15, 0.2) is 0 Å². The molecule has 0 aliphatic rings. The Labute approximate surface area is 104 Å². The fraction of sp³-hybridized carbons (Fsp3) is 0.300. The monoisotopic (exact) mass is 277 g/mol. The molecule has 2 aromatic heterocycles. The summed E-state index contributed by atoms with van der Waals surface area (Å²) in [6, 6.07) is 3.62.